The fourth-order valence-electron chi connectivity index (χ4n) is 6.29. The summed E-state index contributed by atoms with van der Waals surface area (Å²) in [4.78, 5) is 58.5. The average Bonchev–Trinajstić information content (AvgIpc) is 3.43. The van der Waals surface area contributed by atoms with Crippen LogP contribution in [-0.2, 0) is 14.4 Å². The van der Waals surface area contributed by atoms with E-state index in [2.05, 4.69) is 15.6 Å². The minimum atomic E-state index is -2.10. The molecule has 50 heavy (non-hydrogen) atoms. The Bertz CT molecular complexity index is 1860. The van der Waals surface area contributed by atoms with E-state index in [-0.39, 0.29) is 57.1 Å². The van der Waals surface area contributed by atoms with Crippen LogP contribution < -0.4 is 39.1 Å². The van der Waals surface area contributed by atoms with E-state index in [1.165, 1.54) is 59.9 Å². The molecule has 14 nitrogen and oxygen atoms in total. The zero-order valence-electron chi connectivity index (χ0n) is 28.2. The maximum atomic E-state index is 14.4. The van der Waals surface area contributed by atoms with Crippen LogP contribution in [0.5, 0.6) is 34.5 Å². The topological polar surface area (TPSA) is 181 Å². The fraction of sp³-hybridized carbons (Fsp3) is 0.343. The third-order valence-electron chi connectivity index (χ3n) is 8.72. The van der Waals surface area contributed by atoms with Gasteiger partial charge in [-0.3, -0.25) is 19.2 Å². The first-order valence-electron chi connectivity index (χ1n) is 15.4. The molecule has 0 bridgehead atoms. The van der Waals surface area contributed by atoms with Crippen molar-refractivity contribution in [3.8, 4) is 34.5 Å². The molecule has 1 aliphatic heterocycles. The van der Waals surface area contributed by atoms with Crippen LogP contribution in [0, 0.1) is 5.92 Å². The number of anilines is 1. The summed E-state index contributed by atoms with van der Waals surface area (Å²) in [5.74, 6) is -4.10. The number of pyridine rings is 1. The van der Waals surface area contributed by atoms with Crippen molar-refractivity contribution >= 4 is 40.8 Å². The number of rotatable bonds is 12. The lowest BCUT2D eigenvalue weighted by Crippen LogP contribution is -2.53. The number of carbonyl (C=O) groups excluding carboxylic acids is 4. The number of ether oxygens (including phenoxy) is 6. The van der Waals surface area contributed by atoms with Gasteiger partial charge in [-0.25, -0.2) is 4.98 Å². The monoisotopic (exact) mass is 709 g/mol. The van der Waals surface area contributed by atoms with Crippen LogP contribution in [0.25, 0.3) is 0 Å². The van der Waals surface area contributed by atoms with E-state index in [9.17, 15) is 24.3 Å². The summed E-state index contributed by atoms with van der Waals surface area (Å²) >= 11 is 6.59. The third kappa shape index (κ3) is 6.22. The molecule has 2 aliphatic rings. The molecule has 5 rings (SSSR count). The minimum absolute atomic E-state index is 0.0310. The summed E-state index contributed by atoms with van der Waals surface area (Å²) in [5, 5.41) is 17.3. The lowest BCUT2D eigenvalue weighted by molar-refractivity contribution is -0.124. The van der Waals surface area contributed by atoms with Crippen LogP contribution in [0.15, 0.2) is 53.9 Å². The van der Waals surface area contributed by atoms with Gasteiger partial charge in [-0.1, -0.05) is 24.6 Å². The van der Waals surface area contributed by atoms with Crippen LogP contribution in [0.3, 0.4) is 0 Å². The van der Waals surface area contributed by atoms with Crippen LogP contribution >= 0.6 is 11.6 Å². The normalized spacial score (nSPS) is 18.6. The zero-order chi connectivity index (χ0) is 36.3. The van der Waals surface area contributed by atoms with E-state index >= 15 is 0 Å². The number of aliphatic hydroxyl groups is 1. The molecule has 2 amide bonds. The van der Waals surface area contributed by atoms with Crippen LogP contribution in [0.1, 0.15) is 41.6 Å². The molecule has 2 heterocycles. The van der Waals surface area contributed by atoms with Crippen molar-refractivity contribution in [2.45, 2.75) is 31.3 Å². The van der Waals surface area contributed by atoms with Crippen molar-refractivity contribution in [1.82, 2.24) is 10.3 Å². The molecule has 1 aromatic heterocycles. The molecule has 1 spiro atoms. The van der Waals surface area contributed by atoms with Gasteiger partial charge in [0.2, 0.25) is 28.9 Å². The summed E-state index contributed by atoms with van der Waals surface area (Å²) in [6.07, 6.45) is 0.804. The van der Waals surface area contributed by atoms with Gasteiger partial charge in [-0.2, -0.15) is 0 Å². The van der Waals surface area contributed by atoms with E-state index in [0.29, 0.717) is 11.4 Å². The average molecular weight is 710 g/mol. The first-order chi connectivity index (χ1) is 23.9. The molecule has 0 radical (unpaired) electrons. The van der Waals surface area contributed by atoms with Gasteiger partial charge in [0.05, 0.1) is 42.1 Å². The lowest BCUT2D eigenvalue weighted by Gasteiger charge is -2.38. The minimum Gasteiger partial charge on any atom is -0.507 e. The van der Waals surface area contributed by atoms with Gasteiger partial charge in [0.25, 0.3) is 0 Å². The van der Waals surface area contributed by atoms with Gasteiger partial charge >= 0.3 is 0 Å². The highest BCUT2D eigenvalue weighted by Gasteiger charge is 2.61. The number of hydrogen-bond donors (Lipinski definition) is 3. The lowest BCUT2D eigenvalue weighted by atomic mass is 9.69. The smallest absolute Gasteiger partial charge is 0.244 e. The largest absolute Gasteiger partial charge is 0.507 e. The second-order valence-electron chi connectivity index (χ2n) is 11.5. The molecule has 2 aromatic carbocycles. The molecule has 1 unspecified atom stereocenters. The second kappa shape index (κ2) is 14.5. The van der Waals surface area contributed by atoms with Gasteiger partial charge in [0.15, 0.2) is 28.8 Å². The summed E-state index contributed by atoms with van der Waals surface area (Å²) in [6.45, 7) is 1.17. The Kier molecular flexibility index (Phi) is 10.4. The third-order valence-corrected chi connectivity index (χ3v) is 9.08. The summed E-state index contributed by atoms with van der Waals surface area (Å²) in [5.41, 5.74) is -2.10. The molecule has 3 atom stereocenters. The van der Waals surface area contributed by atoms with Gasteiger partial charge in [0, 0.05) is 42.5 Å². The number of allylic oxidation sites excluding steroid dienone is 1. The Labute approximate surface area is 292 Å². The Morgan fingerprint density at radius 2 is 1.64 bits per heavy atom. The number of halogens is 1. The summed E-state index contributed by atoms with van der Waals surface area (Å²) in [6, 6.07) is 9.45. The quantitative estimate of drug-likeness (QED) is 0.241. The number of benzene rings is 2. The van der Waals surface area contributed by atoms with Crippen molar-refractivity contribution in [3.05, 3.63) is 70.1 Å². The number of nitrogens with zero attached hydrogens (tertiary/aromatic N) is 1. The van der Waals surface area contributed by atoms with Gasteiger partial charge < -0.3 is 44.2 Å². The van der Waals surface area contributed by atoms with Crippen LogP contribution in [-0.4, -0.2) is 81.2 Å². The number of methoxy groups -OCH3 is 5. The zero-order valence-corrected chi connectivity index (χ0v) is 28.9. The van der Waals surface area contributed by atoms with Crippen molar-refractivity contribution < 1.29 is 52.7 Å². The Morgan fingerprint density at radius 3 is 2.22 bits per heavy atom. The molecule has 1 aliphatic carbocycles. The predicted molar refractivity (Wildman–Crippen MR) is 180 cm³/mol. The summed E-state index contributed by atoms with van der Waals surface area (Å²) < 4.78 is 33.6. The molecule has 3 aromatic rings. The number of carbonyl (C=O) groups is 4. The molecule has 0 saturated carbocycles. The maximum Gasteiger partial charge on any atom is 0.244 e. The molecule has 0 saturated heterocycles. The summed E-state index contributed by atoms with van der Waals surface area (Å²) in [7, 11) is 6.95. The van der Waals surface area contributed by atoms with Crippen molar-refractivity contribution in [1.29, 1.82) is 0 Å². The predicted octanol–water partition coefficient (Wildman–Crippen LogP) is 4.44. The Hall–Kier alpha value is -5.50. The highest BCUT2D eigenvalue weighted by molar-refractivity contribution is 6.35. The number of aliphatic hydroxyl groups excluding tert-OH is 1. The van der Waals surface area contributed by atoms with Crippen LogP contribution in [0.2, 0.25) is 5.02 Å². The first kappa shape index (κ1) is 35.8. The van der Waals surface area contributed by atoms with Gasteiger partial charge in [-0.05, 0) is 29.8 Å². The number of hydrogen-bond acceptors (Lipinski definition) is 12. The van der Waals surface area contributed by atoms with Crippen LogP contribution in [0.4, 0.5) is 5.82 Å². The highest BCUT2D eigenvalue weighted by Crippen LogP contribution is 2.56. The second-order valence-corrected chi connectivity index (χ2v) is 11.9. The van der Waals surface area contributed by atoms with E-state index < -0.39 is 59.5 Å². The highest BCUT2D eigenvalue weighted by atomic mass is 35.5. The maximum absolute atomic E-state index is 14.4. The number of fused-ring (bicyclic) bond motifs is 1. The van der Waals surface area contributed by atoms with E-state index in [1.807, 2.05) is 0 Å². The molecular formula is C35H36ClN3O11. The SMILES string of the molecule is COc1cc(OC)c2c(c1Cl)O[C@]1(C2=O)C(O)=C(C(CC(=O)NCC(=O)Nc2ccccn2)c2cc(OC)c(OC)c(OC)c2)C(=O)C[C@H]1C. The number of nitrogens with one attached hydrogen (secondary N) is 2. The fourth-order valence-corrected chi connectivity index (χ4v) is 6.55. The Morgan fingerprint density at radius 1 is 0.980 bits per heavy atom. The van der Waals surface area contributed by atoms with Crippen molar-refractivity contribution in [2.75, 3.05) is 47.4 Å². The number of ketones is 2. The van der Waals surface area contributed by atoms with Crippen molar-refractivity contribution in [2.24, 2.45) is 5.92 Å². The number of amides is 2. The molecule has 3 N–H and O–H groups in total. The van der Waals surface area contributed by atoms with Gasteiger partial charge in [-0.15, -0.1) is 0 Å². The Balaban J connectivity index is 1.61. The molecule has 264 valence electrons. The number of Topliss-reactive ketones (excluding diaryl/α,β-unsaturated/α-hetero) is 2. The number of aromatic nitrogens is 1. The standard InChI is InChI=1S/C35H36ClN3O11/c1-17-11-20(40)28(33(43)35(17)34(44)29-21(45-2)15-22(46-3)30(36)32(29)50-35)19(18-12-23(47-4)31(49-6)24(13-18)48-5)14-26(41)38-16-27(42)39-25-9-7-8-10-37-25/h7-10,12-13,15,17,19,43H,11,14,16H2,1-6H3,(H,38,41)(H,37,39,42)/t17-,19?,35+/m1/s1. The van der Waals surface area contributed by atoms with E-state index in [4.69, 9.17) is 40.0 Å². The molecular weight excluding hydrogens is 674 g/mol. The van der Waals surface area contributed by atoms with E-state index in [0.717, 1.165) is 0 Å². The first-order valence-corrected chi connectivity index (χ1v) is 15.8. The molecule has 15 heteroatoms. The van der Waals surface area contributed by atoms with E-state index in [1.54, 1.807) is 25.1 Å². The van der Waals surface area contributed by atoms with Crippen molar-refractivity contribution in [3.63, 3.8) is 0 Å². The molecule has 0 fully saturated rings. The van der Waals surface area contributed by atoms with Gasteiger partial charge in [0.1, 0.15) is 27.9 Å².